The van der Waals surface area contributed by atoms with E-state index in [1.54, 1.807) is 11.6 Å². The molecule has 0 bridgehead atoms. The van der Waals surface area contributed by atoms with Crippen molar-refractivity contribution in [3.8, 4) is 0 Å². The second-order valence-corrected chi connectivity index (χ2v) is 5.40. The van der Waals surface area contributed by atoms with Gasteiger partial charge in [0.05, 0.1) is 5.51 Å². The molecule has 0 aliphatic carbocycles. The molecule has 0 unspecified atom stereocenters. The highest BCUT2D eigenvalue weighted by atomic mass is 32.1. The number of ether oxygens (including phenoxy) is 1. The molecule has 0 saturated carbocycles. The van der Waals surface area contributed by atoms with Gasteiger partial charge in [0, 0.05) is 18.5 Å². The number of thiazole rings is 2. The van der Waals surface area contributed by atoms with Crippen LogP contribution in [0.4, 0.5) is 10.1 Å². The first-order chi connectivity index (χ1) is 10.1. The highest BCUT2D eigenvalue weighted by Crippen LogP contribution is 2.22. The predicted octanol–water partition coefficient (Wildman–Crippen LogP) is 1.35. The molecular formula is C11H10N4O4S2. The molecule has 2 aromatic rings. The number of aromatic nitrogens is 2. The third-order valence-electron chi connectivity index (χ3n) is 2.09. The first-order valence-electron chi connectivity index (χ1n) is 5.64. The fourth-order valence-corrected chi connectivity index (χ4v) is 2.49. The summed E-state index contributed by atoms with van der Waals surface area (Å²) in [6, 6.07) is 0. The first-order valence-corrected chi connectivity index (χ1v) is 7.39. The molecule has 2 amide bonds. The Balaban J connectivity index is 1.99. The number of hydrogen-bond donors (Lipinski definition) is 2. The van der Waals surface area contributed by atoms with E-state index < -0.39 is 24.4 Å². The largest absolute Gasteiger partial charge is 0.456 e. The van der Waals surface area contributed by atoms with Gasteiger partial charge in [-0.25, -0.2) is 9.97 Å². The molecule has 0 fully saturated rings. The quantitative estimate of drug-likeness (QED) is 0.803. The zero-order chi connectivity index (χ0) is 15.2. The van der Waals surface area contributed by atoms with Gasteiger partial charge in [-0.1, -0.05) is 0 Å². The summed E-state index contributed by atoms with van der Waals surface area (Å²) in [5.74, 6) is -1.58. The molecule has 2 aromatic heterocycles. The maximum absolute atomic E-state index is 12.0. The van der Waals surface area contributed by atoms with Crippen LogP contribution in [0.15, 0.2) is 17.1 Å². The van der Waals surface area contributed by atoms with E-state index in [1.165, 1.54) is 23.8 Å². The lowest BCUT2D eigenvalue weighted by molar-refractivity contribution is -0.144. The fraction of sp³-hybridized carbons (Fsp3) is 0.182. The predicted molar refractivity (Wildman–Crippen MR) is 77.4 cm³/mol. The average Bonchev–Trinajstić information content (AvgIpc) is 3.07. The van der Waals surface area contributed by atoms with Gasteiger partial charge in [0.1, 0.15) is 5.00 Å². The molecule has 2 N–H and O–H groups in total. The Hall–Kier alpha value is -2.33. The van der Waals surface area contributed by atoms with E-state index in [4.69, 9.17) is 0 Å². The van der Waals surface area contributed by atoms with Crippen LogP contribution in [0.5, 0.6) is 0 Å². The van der Waals surface area contributed by atoms with Crippen molar-refractivity contribution in [2.24, 2.45) is 0 Å². The van der Waals surface area contributed by atoms with E-state index in [2.05, 4.69) is 25.3 Å². The zero-order valence-electron chi connectivity index (χ0n) is 10.8. The highest BCUT2D eigenvalue weighted by Gasteiger charge is 2.18. The van der Waals surface area contributed by atoms with Crippen LogP contribution in [0.2, 0.25) is 0 Å². The Bertz CT molecular complexity index is 653. The average molecular weight is 326 g/mol. The Labute approximate surface area is 127 Å². The molecule has 110 valence electrons. The minimum atomic E-state index is -0.559. The summed E-state index contributed by atoms with van der Waals surface area (Å²) in [5, 5.41) is 7.47. The smallest absolute Gasteiger partial charge is 0.303 e. The molecule has 2 heterocycles. The van der Waals surface area contributed by atoms with E-state index in [0.29, 0.717) is 5.13 Å². The lowest BCUT2D eigenvalue weighted by Gasteiger charge is -2.05. The minimum Gasteiger partial charge on any atom is -0.456 e. The third kappa shape index (κ3) is 4.33. The number of hydrogen-bond acceptors (Lipinski definition) is 8. The lowest BCUT2D eigenvalue weighted by Crippen LogP contribution is -2.21. The molecular weight excluding hydrogens is 316 g/mol. The van der Waals surface area contributed by atoms with Crippen molar-refractivity contribution < 1.29 is 19.1 Å². The van der Waals surface area contributed by atoms with Crippen molar-refractivity contribution in [3.05, 3.63) is 22.8 Å². The topological polar surface area (TPSA) is 110 Å². The number of esters is 1. The number of carbonyl (C=O) groups excluding carboxylic acids is 3. The van der Waals surface area contributed by atoms with E-state index in [0.717, 1.165) is 11.3 Å². The van der Waals surface area contributed by atoms with Crippen molar-refractivity contribution >= 4 is 50.6 Å². The van der Waals surface area contributed by atoms with Crippen LogP contribution in [-0.4, -0.2) is 34.4 Å². The molecule has 21 heavy (non-hydrogen) atoms. The van der Waals surface area contributed by atoms with Gasteiger partial charge in [-0.2, -0.15) is 0 Å². The van der Waals surface area contributed by atoms with Gasteiger partial charge in [-0.15, -0.1) is 22.7 Å². The number of anilines is 2. The van der Waals surface area contributed by atoms with Crippen LogP contribution < -0.4 is 10.6 Å². The normalized spacial score (nSPS) is 9.95. The van der Waals surface area contributed by atoms with Crippen molar-refractivity contribution in [3.63, 3.8) is 0 Å². The number of amides is 2. The summed E-state index contributed by atoms with van der Waals surface area (Å²) in [5.41, 5.74) is 1.50. The summed E-state index contributed by atoms with van der Waals surface area (Å²) in [4.78, 5) is 42.0. The van der Waals surface area contributed by atoms with E-state index >= 15 is 0 Å². The summed E-state index contributed by atoms with van der Waals surface area (Å²) in [6.45, 7) is 0.785. The molecule has 0 radical (unpaired) electrons. The second-order valence-electron chi connectivity index (χ2n) is 3.65. The number of nitrogens with one attached hydrogen (secondary N) is 2. The summed E-state index contributed by atoms with van der Waals surface area (Å²) < 4.78 is 4.56. The molecule has 0 aromatic carbocycles. The summed E-state index contributed by atoms with van der Waals surface area (Å²) in [6.07, 6.45) is 1.56. The minimum absolute atomic E-state index is 0.0753. The number of rotatable bonds is 5. The van der Waals surface area contributed by atoms with E-state index in [-0.39, 0.29) is 10.7 Å². The van der Waals surface area contributed by atoms with Crippen LogP contribution >= 0.6 is 22.7 Å². The number of nitrogens with zero attached hydrogens (tertiary/aromatic N) is 2. The lowest BCUT2D eigenvalue weighted by atomic mass is 10.4. The standard InChI is InChI=1S/C11H10N4O4S2/c1-6(16)19-4-7(17)14-10-8(13-5-21-10)9(18)15-11-12-2-3-20-11/h2-3,5H,4H2,1H3,(H,14,17)(H,12,15,18). The van der Waals surface area contributed by atoms with Crippen molar-refractivity contribution in [1.82, 2.24) is 9.97 Å². The van der Waals surface area contributed by atoms with Crippen molar-refractivity contribution in [1.29, 1.82) is 0 Å². The Kier molecular flexibility index (Phi) is 4.95. The maximum atomic E-state index is 12.0. The molecule has 0 aliphatic heterocycles. The summed E-state index contributed by atoms with van der Waals surface area (Å²) in [7, 11) is 0. The van der Waals surface area contributed by atoms with Gasteiger partial charge in [0.15, 0.2) is 17.4 Å². The van der Waals surface area contributed by atoms with Gasteiger partial charge in [0.25, 0.3) is 11.8 Å². The highest BCUT2D eigenvalue weighted by molar-refractivity contribution is 7.14. The van der Waals surface area contributed by atoms with Crippen LogP contribution in [0.25, 0.3) is 0 Å². The van der Waals surface area contributed by atoms with Gasteiger partial charge in [0.2, 0.25) is 0 Å². The molecule has 2 rings (SSSR count). The molecule has 0 spiro atoms. The third-order valence-corrected chi connectivity index (χ3v) is 3.53. The fourth-order valence-electron chi connectivity index (χ4n) is 1.27. The number of carbonyl (C=O) groups is 3. The molecule has 0 aliphatic rings. The Morgan fingerprint density at radius 3 is 2.71 bits per heavy atom. The van der Waals surface area contributed by atoms with Gasteiger partial charge >= 0.3 is 5.97 Å². The Morgan fingerprint density at radius 1 is 1.24 bits per heavy atom. The van der Waals surface area contributed by atoms with E-state index in [1.807, 2.05) is 0 Å². The molecule has 0 saturated heterocycles. The first kappa shape index (κ1) is 15.1. The maximum Gasteiger partial charge on any atom is 0.303 e. The Morgan fingerprint density at radius 2 is 2.05 bits per heavy atom. The second kappa shape index (κ2) is 6.90. The van der Waals surface area contributed by atoms with E-state index in [9.17, 15) is 14.4 Å². The van der Waals surface area contributed by atoms with Gasteiger partial charge in [-0.05, 0) is 0 Å². The molecule has 8 nitrogen and oxygen atoms in total. The molecule has 10 heteroatoms. The van der Waals surface area contributed by atoms with Crippen LogP contribution in [-0.2, 0) is 14.3 Å². The van der Waals surface area contributed by atoms with Crippen molar-refractivity contribution in [2.45, 2.75) is 6.92 Å². The van der Waals surface area contributed by atoms with Crippen LogP contribution in [0.3, 0.4) is 0 Å². The summed E-state index contributed by atoms with van der Waals surface area (Å²) >= 11 is 2.36. The van der Waals surface area contributed by atoms with Gasteiger partial charge < -0.3 is 10.1 Å². The van der Waals surface area contributed by atoms with Crippen molar-refractivity contribution in [2.75, 3.05) is 17.2 Å². The van der Waals surface area contributed by atoms with Crippen LogP contribution in [0.1, 0.15) is 17.4 Å². The SMILES string of the molecule is CC(=O)OCC(=O)Nc1scnc1C(=O)Nc1nccs1. The zero-order valence-corrected chi connectivity index (χ0v) is 12.4. The van der Waals surface area contributed by atoms with Gasteiger partial charge in [-0.3, -0.25) is 19.7 Å². The monoisotopic (exact) mass is 326 g/mol. The van der Waals surface area contributed by atoms with Crippen LogP contribution in [0, 0.1) is 0 Å². The molecule has 0 atom stereocenters.